The van der Waals surface area contributed by atoms with Gasteiger partial charge in [0, 0.05) is 11.5 Å². The lowest BCUT2D eigenvalue weighted by Gasteiger charge is -2.05. The minimum atomic E-state index is -0.524. The lowest BCUT2D eigenvalue weighted by Crippen LogP contribution is -2.16. The molecule has 33 heavy (non-hydrogen) atoms. The van der Waals surface area contributed by atoms with Crippen molar-refractivity contribution in [3.05, 3.63) is 76.2 Å². The van der Waals surface area contributed by atoms with Gasteiger partial charge >= 0.3 is 5.91 Å². The van der Waals surface area contributed by atoms with Gasteiger partial charge in [0.15, 0.2) is 5.76 Å². The molecule has 2 aromatic heterocycles. The quantitative estimate of drug-likeness (QED) is 0.233. The first-order valence-electron chi connectivity index (χ1n) is 9.91. The standard InChI is InChI=1S/C23H19N3O7/c1-3-31-16-5-8-19-14(10-16)11-22(33-19)23(27)25-24-13-17-6-9-20(32-17)18-7-4-15(26(28)29)12-21(18)30-2/h4-13H,3H2,1-2H3,(H,25,27)/b24-13+. The van der Waals surface area contributed by atoms with E-state index in [1.54, 1.807) is 36.4 Å². The van der Waals surface area contributed by atoms with Crippen LogP contribution in [-0.2, 0) is 0 Å². The Hall–Kier alpha value is -4.60. The van der Waals surface area contributed by atoms with Gasteiger partial charge in [-0.15, -0.1) is 0 Å². The number of hydrogen-bond acceptors (Lipinski definition) is 8. The number of non-ortho nitro benzene ring substituents is 1. The molecule has 4 rings (SSSR count). The number of carbonyl (C=O) groups excluding carboxylic acids is 1. The highest BCUT2D eigenvalue weighted by molar-refractivity contribution is 5.96. The number of nitrogens with zero attached hydrogens (tertiary/aromatic N) is 2. The molecule has 1 N–H and O–H groups in total. The largest absolute Gasteiger partial charge is 0.496 e. The molecule has 0 bridgehead atoms. The molecular formula is C23H19N3O7. The molecule has 0 saturated heterocycles. The summed E-state index contributed by atoms with van der Waals surface area (Å²) >= 11 is 0. The van der Waals surface area contributed by atoms with Crippen molar-refractivity contribution >= 4 is 28.8 Å². The van der Waals surface area contributed by atoms with Crippen LogP contribution in [0.3, 0.4) is 0 Å². The number of ether oxygens (including phenoxy) is 2. The van der Waals surface area contributed by atoms with Crippen LogP contribution in [0.5, 0.6) is 11.5 Å². The van der Waals surface area contributed by atoms with Gasteiger partial charge in [-0.3, -0.25) is 14.9 Å². The van der Waals surface area contributed by atoms with Gasteiger partial charge in [0.25, 0.3) is 5.69 Å². The average Bonchev–Trinajstić information content (AvgIpc) is 3.45. The number of hydrazone groups is 1. The number of nitrogens with one attached hydrogen (secondary N) is 1. The van der Waals surface area contributed by atoms with Crippen LogP contribution in [0.25, 0.3) is 22.3 Å². The van der Waals surface area contributed by atoms with E-state index >= 15 is 0 Å². The summed E-state index contributed by atoms with van der Waals surface area (Å²) in [5, 5.41) is 15.6. The Bertz CT molecular complexity index is 1350. The minimum Gasteiger partial charge on any atom is -0.496 e. The van der Waals surface area contributed by atoms with Crippen molar-refractivity contribution in [3.63, 3.8) is 0 Å². The van der Waals surface area contributed by atoms with Crippen molar-refractivity contribution < 1.29 is 28.0 Å². The van der Waals surface area contributed by atoms with Crippen LogP contribution in [0.2, 0.25) is 0 Å². The summed E-state index contributed by atoms with van der Waals surface area (Å²) in [6, 6.07) is 14.4. The van der Waals surface area contributed by atoms with Crippen LogP contribution in [0, 0.1) is 10.1 Å². The van der Waals surface area contributed by atoms with Gasteiger partial charge in [-0.1, -0.05) is 0 Å². The second-order valence-electron chi connectivity index (χ2n) is 6.79. The zero-order valence-electron chi connectivity index (χ0n) is 17.7. The Morgan fingerprint density at radius 3 is 2.76 bits per heavy atom. The molecule has 2 heterocycles. The van der Waals surface area contributed by atoms with Crippen LogP contribution in [0.1, 0.15) is 23.2 Å². The maximum Gasteiger partial charge on any atom is 0.307 e. The fraction of sp³-hybridized carbons (Fsp3) is 0.130. The van der Waals surface area contributed by atoms with Crippen LogP contribution in [0.4, 0.5) is 5.69 Å². The van der Waals surface area contributed by atoms with Gasteiger partial charge in [0.1, 0.15) is 28.6 Å². The van der Waals surface area contributed by atoms with E-state index < -0.39 is 10.8 Å². The first-order valence-corrected chi connectivity index (χ1v) is 9.91. The van der Waals surface area contributed by atoms with E-state index in [-0.39, 0.29) is 11.4 Å². The smallest absolute Gasteiger partial charge is 0.307 e. The summed E-state index contributed by atoms with van der Waals surface area (Å²) in [7, 11) is 1.42. The topological polar surface area (TPSA) is 129 Å². The maximum atomic E-state index is 12.4. The van der Waals surface area contributed by atoms with Gasteiger partial charge in [-0.25, -0.2) is 5.43 Å². The number of rotatable bonds is 8. The van der Waals surface area contributed by atoms with E-state index in [1.165, 1.54) is 31.5 Å². The molecule has 1 amide bonds. The van der Waals surface area contributed by atoms with E-state index in [1.807, 2.05) is 6.92 Å². The number of hydrogen-bond donors (Lipinski definition) is 1. The number of carbonyl (C=O) groups is 1. The van der Waals surface area contributed by atoms with E-state index in [4.69, 9.17) is 18.3 Å². The summed E-state index contributed by atoms with van der Waals surface area (Å²) in [6.45, 7) is 2.43. The van der Waals surface area contributed by atoms with Crippen LogP contribution in [0.15, 0.2) is 68.5 Å². The molecular weight excluding hydrogens is 430 g/mol. The molecule has 2 aromatic carbocycles. The zero-order chi connectivity index (χ0) is 23.4. The molecule has 168 valence electrons. The molecule has 4 aromatic rings. The molecule has 0 atom stereocenters. The van der Waals surface area contributed by atoms with E-state index in [0.29, 0.717) is 40.8 Å². The number of nitro groups is 1. The molecule has 10 heteroatoms. The van der Waals surface area contributed by atoms with Crippen molar-refractivity contribution in [2.45, 2.75) is 6.92 Å². The third kappa shape index (κ3) is 4.69. The van der Waals surface area contributed by atoms with Crippen LogP contribution < -0.4 is 14.9 Å². The van der Waals surface area contributed by atoms with E-state index in [0.717, 1.165) is 5.39 Å². The number of methoxy groups -OCH3 is 1. The third-order valence-electron chi connectivity index (χ3n) is 4.67. The molecule has 0 saturated carbocycles. The molecule has 0 aliphatic heterocycles. The van der Waals surface area contributed by atoms with Crippen molar-refractivity contribution in [3.8, 4) is 22.8 Å². The zero-order valence-corrected chi connectivity index (χ0v) is 17.7. The fourth-order valence-electron chi connectivity index (χ4n) is 3.16. The number of benzene rings is 2. The highest BCUT2D eigenvalue weighted by atomic mass is 16.6. The predicted octanol–water partition coefficient (Wildman–Crippen LogP) is 4.77. The lowest BCUT2D eigenvalue weighted by molar-refractivity contribution is -0.384. The Kier molecular flexibility index (Phi) is 6.07. The third-order valence-corrected chi connectivity index (χ3v) is 4.67. The van der Waals surface area contributed by atoms with Gasteiger partial charge in [0.05, 0.1) is 36.5 Å². The van der Waals surface area contributed by atoms with Crippen LogP contribution in [-0.4, -0.2) is 30.8 Å². The monoisotopic (exact) mass is 449 g/mol. The van der Waals surface area contributed by atoms with Crippen molar-refractivity contribution in [2.24, 2.45) is 5.10 Å². The molecule has 0 aliphatic rings. The molecule has 0 spiro atoms. The summed E-state index contributed by atoms with van der Waals surface area (Å²) in [5.74, 6) is 1.35. The second-order valence-corrected chi connectivity index (χ2v) is 6.79. The Morgan fingerprint density at radius 2 is 2.00 bits per heavy atom. The van der Waals surface area contributed by atoms with Crippen molar-refractivity contribution in [1.82, 2.24) is 5.43 Å². The van der Waals surface area contributed by atoms with Gasteiger partial charge < -0.3 is 18.3 Å². The maximum absolute atomic E-state index is 12.4. The molecule has 0 radical (unpaired) electrons. The number of nitro benzene ring substituents is 1. The second kappa shape index (κ2) is 9.27. The highest BCUT2D eigenvalue weighted by Gasteiger charge is 2.16. The Morgan fingerprint density at radius 1 is 1.15 bits per heavy atom. The van der Waals surface area contributed by atoms with Crippen molar-refractivity contribution in [1.29, 1.82) is 0 Å². The number of amides is 1. The van der Waals surface area contributed by atoms with Crippen LogP contribution >= 0.6 is 0 Å². The SMILES string of the molecule is CCOc1ccc2oc(C(=O)N/N=C/c3ccc(-c4ccc([N+](=O)[O-])cc4OC)o3)cc2c1. The van der Waals surface area contributed by atoms with E-state index in [9.17, 15) is 14.9 Å². The summed E-state index contributed by atoms with van der Waals surface area (Å²) < 4.78 is 21.9. The lowest BCUT2D eigenvalue weighted by atomic mass is 10.1. The first-order chi connectivity index (χ1) is 16.0. The number of furan rings is 2. The Labute approximate surface area is 187 Å². The molecule has 0 fully saturated rings. The van der Waals surface area contributed by atoms with Gasteiger partial charge in [-0.2, -0.15) is 5.10 Å². The minimum absolute atomic E-state index is 0.0913. The average molecular weight is 449 g/mol. The first kappa shape index (κ1) is 21.6. The molecule has 10 nitrogen and oxygen atoms in total. The fourth-order valence-corrected chi connectivity index (χ4v) is 3.16. The van der Waals surface area contributed by atoms with Gasteiger partial charge in [0.2, 0.25) is 0 Å². The predicted molar refractivity (Wildman–Crippen MR) is 120 cm³/mol. The molecule has 0 aliphatic carbocycles. The summed E-state index contributed by atoms with van der Waals surface area (Å²) in [4.78, 5) is 22.8. The summed E-state index contributed by atoms with van der Waals surface area (Å²) in [6.07, 6.45) is 1.33. The highest BCUT2D eigenvalue weighted by Crippen LogP contribution is 2.34. The van der Waals surface area contributed by atoms with Gasteiger partial charge in [-0.05, 0) is 49.4 Å². The van der Waals surface area contributed by atoms with Crippen molar-refractivity contribution in [2.75, 3.05) is 13.7 Å². The number of fused-ring (bicyclic) bond motifs is 1. The normalized spacial score (nSPS) is 11.1. The summed E-state index contributed by atoms with van der Waals surface area (Å²) in [5.41, 5.74) is 3.39. The Balaban J connectivity index is 1.45. The van der Waals surface area contributed by atoms with E-state index in [2.05, 4.69) is 10.5 Å². The molecule has 0 unspecified atom stereocenters.